The van der Waals surface area contributed by atoms with E-state index in [9.17, 15) is 33.9 Å². The van der Waals surface area contributed by atoms with E-state index in [0.29, 0.717) is 12.0 Å². The quantitative estimate of drug-likeness (QED) is 0.0919. The van der Waals surface area contributed by atoms with Gasteiger partial charge in [0.25, 0.3) is 0 Å². The SMILES string of the molecule is CC(C)C[C@@H](NC(=O)[C@H](NC(=O)[C@@H](Cc1ccccc1)NC(=O)[C@@H](Cc1ccccc1)NC(=O)[C@@H](C)NC(=O)CCc1ccccc1O)C(C)C)C(N)=O. The molecule has 54 heavy (non-hydrogen) atoms. The molecule has 5 atom stereocenters. The summed E-state index contributed by atoms with van der Waals surface area (Å²) in [5, 5.41) is 23.6. The van der Waals surface area contributed by atoms with E-state index in [1.54, 1.807) is 80.6 Å². The number of nitrogens with one attached hydrogen (secondary N) is 5. The monoisotopic (exact) mass is 742 g/mol. The molecule has 13 nitrogen and oxygen atoms in total. The molecule has 13 heteroatoms. The lowest BCUT2D eigenvalue weighted by Gasteiger charge is -2.28. The summed E-state index contributed by atoms with van der Waals surface area (Å²) in [4.78, 5) is 79.7. The van der Waals surface area contributed by atoms with Crippen molar-refractivity contribution >= 4 is 35.4 Å². The maximum atomic E-state index is 14.1. The Morgan fingerprint density at radius 2 is 1.07 bits per heavy atom. The number of para-hydroxylation sites is 1. The van der Waals surface area contributed by atoms with E-state index >= 15 is 0 Å². The van der Waals surface area contributed by atoms with Gasteiger partial charge in [0.15, 0.2) is 0 Å². The summed E-state index contributed by atoms with van der Waals surface area (Å²) in [7, 11) is 0. The number of aryl methyl sites for hydroxylation is 1. The van der Waals surface area contributed by atoms with Gasteiger partial charge in [0.2, 0.25) is 35.4 Å². The molecule has 3 aromatic carbocycles. The predicted octanol–water partition coefficient (Wildman–Crippen LogP) is 2.44. The van der Waals surface area contributed by atoms with Crippen LogP contribution in [0.3, 0.4) is 0 Å². The van der Waals surface area contributed by atoms with E-state index < -0.39 is 71.6 Å². The third-order valence-corrected chi connectivity index (χ3v) is 8.83. The third kappa shape index (κ3) is 14.0. The molecule has 3 rings (SSSR count). The molecule has 0 spiro atoms. The van der Waals surface area contributed by atoms with Crippen molar-refractivity contribution in [3.8, 4) is 5.75 Å². The first-order valence-electron chi connectivity index (χ1n) is 18.3. The highest BCUT2D eigenvalue weighted by Crippen LogP contribution is 2.17. The lowest BCUT2D eigenvalue weighted by atomic mass is 9.98. The van der Waals surface area contributed by atoms with E-state index in [4.69, 9.17) is 5.73 Å². The minimum Gasteiger partial charge on any atom is -0.508 e. The Bertz CT molecular complexity index is 1720. The second kappa shape index (κ2) is 21.1. The highest BCUT2D eigenvalue weighted by Gasteiger charge is 2.33. The van der Waals surface area contributed by atoms with Gasteiger partial charge in [-0.15, -0.1) is 0 Å². The minimum atomic E-state index is -1.17. The molecule has 0 saturated heterocycles. The summed E-state index contributed by atoms with van der Waals surface area (Å²) in [6, 6.07) is 19.4. The lowest BCUT2D eigenvalue weighted by Crippen LogP contribution is -2.60. The summed E-state index contributed by atoms with van der Waals surface area (Å²) in [6.45, 7) is 8.77. The average molecular weight is 743 g/mol. The molecule has 0 aromatic heterocycles. The zero-order valence-corrected chi connectivity index (χ0v) is 31.6. The number of aromatic hydroxyl groups is 1. The number of carbonyl (C=O) groups excluding carboxylic acids is 6. The Kier molecular flexibility index (Phi) is 16.7. The molecule has 290 valence electrons. The van der Waals surface area contributed by atoms with Crippen molar-refractivity contribution in [2.24, 2.45) is 17.6 Å². The van der Waals surface area contributed by atoms with Crippen molar-refractivity contribution in [3.05, 3.63) is 102 Å². The van der Waals surface area contributed by atoms with Crippen LogP contribution in [0.1, 0.15) is 64.2 Å². The second-order valence-corrected chi connectivity index (χ2v) is 14.2. The largest absolute Gasteiger partial charge is 0.508 e. The number of rotatable bonds is 20. The van der Waals surface area contributed by atoms with Crippen molar-refractivity contribution in [1.82, 2.24) is 26.6 Å². The number of benzene rings is 3. The highest BCUT2D eigenvalue weighted by molar-refractivity contribution is 5.96. The molecular formula is C41H54N6O7. The van der Waals surface area contributed by atoms with Gasteiger partial charge in [0.1, 0.15) is 36.0 Å². The first-order valence-corrected chi connectivity index (χ1v) is 18.3. The van der Waals surface area contributed by atoms with Gasteiger partial charge in [-0.2, -0.15) is 0 Å². The van der Waals surface area contributed by atoms with E-state index in [-0.39, 0.29) is 37.4 Å². The lowest BCUT2D eigenvalue weighted by molar-refractivity contribution is -0.135. The molecule has 8 N–H and O–H groups in total. The summed E-state index contributed by atoms with van der Waals surface area (Å²) < 4.78 is 0. The van der Waals surface area contributed by atoms with Crippen LogP contribution in [0.25, 0.3) is 0 Å². The molecule has 0 aliphatic heterocycles. The minimum absolute atomic E-state index is 0.0235. The van der Waals surface area contributed by atoms with E-state index in [1.165, 1.54) is 13.0 Å². The molecule has 6 amide bonds. The molecule has 0 bridgehead atoms. The number of hydrogen-bond acceptors (Lipinski definition) is 7. The summed E-state index contributed by atoms with van der Waals surface area (Å²) in [5.41, 5.74) is 7.62. The zero-order valence-electron chi connectivity index (χ0n) is 31.6. The van der Waals surface area contributed by atoms with Crippen LogP contribution in [0.2, 0.25) is 0 Å². The molecule has 3 aromatic rings. The van der Waals surface area contributed by atoms with Crippen molar-refractivity contribution < 1.29 is 33.9 Å². The number of primary amides is 1. The molecule has 0 heterocycles. The van der Waals surface area contributed by atoms with Gasteiger partial charge < -0.3 is 37.4 Å². The van der Waals surface area contributed by atoms with Crippen LogP contribution < -0.4 is 32.3 Å². The Morgan fingerprint density at radius 1 is 0.593 bits per heavy atom. The van der Waals surface area contributed by atoms with Crippen LogP contribution in [0, 0.1) is 11.8 Å². The van der Waals surface area contributed by atoms with Crippen molar-refractivity contribution in [2.45, 2.75) is 96.9 Å². The molecule has 0 saturated carbocycles. The third-order valence-electron chi connectivity index (χ3n) is 8.83. The first-order chi connectivity index (χ1) is 25.6. The van der Waals surface area contributed by atoms with Crippen LogP contribution in [0.5, 0.6) is 5.75 Å². The number of nitrogens with two attached hydrogens (primary N) is 1. The van der Waals surface area contributed by atoms with E-state index in [1.807, 2.05) is 26.0 Å². The Labute approximate surface area is 317 Å². The standard InChI is InChI=1S/C41H54N6O7/c1-25(2)22-31(37(42)50)44-41(54)36(26(3)4)47-40(53)33(24-29-16-10-7-11-17-29)46-39(52)32(23-28-14-8-6-9-15-28)45-38(51)27(5)43-35(49)21-20-30-18-12-13-19-34(30)48/h6-19,25-27,31-33,36,48H,20-24H2,1-5H3,(H2,42,50)(H,43,49)(H,44,54)(H,45,51)(H,46,52)(H,47,53)/t27-,31-,32-,33-,36-/m1/s1. The zero-order chi connectivity index (χ0) is 39.8. The van der Waals surface area contributed by atoms with Gasteiger partial charge in [-0.1, -0.05) is 107 Å². The predicted molar refractivity (Wildman–Crippen MR) is 206 cm³/mol. The molecule has 0 fully saturated rings. The summed E-state index contributed by atoms with van der Waals surface area (Å²) in [6.07, 6.45) is 0.752. The fourth-order valence-corrected chi connectivity index (χ4v) is 5.80. The molecule has 0 aliphatic rings. The fraction of sp³-hybridized carbons (Fsp3) is 0.415. The smallest absolute Gasteiger partial charge is 0.243 e. The summed E-state index contributed by atoms with van der Waals surface area (Å²) in [5.74, 6) is -3.85. The van der Waals surface area contributed by atoms with Gasteiger partial charge >= 0.3 is 0 Å². The van der Waals surface area contributed by atoms with Gasteiger partial charge in [-0.3, -0.25) is 28.8 Å². The number of carbonyl (C=O) groups is 6. The molecule has 0 radical (unpaired) electrons. The number of phenolic OH excluding ortho intramolecular Hbond substituents is 1. The summed E-state index contributed by atoms with van der Waals surface area (Å²) >= 11 is 0. The van der Waals surface area contributed by atoms with Crippen LogP contribution in [0.15, 0.2) is 84.9 Å². The normalized spacial score (nSPS) is 13.8. The highest BCUT2D eigenvalue weighted by atomic mass is 16.3. The van der Waals surface area contributed by atoms with Crippen LogP contribution in [0.4, 0.5) is 0 Å². The molecule has 0 unspecified atom stereocenters. The van der Waals surface area contributed by atoms with Crippen LogP contribution in [-0.4, -0.2) is 70.8 Å². The molecule has 0 aliphatic carbocycles. The van der Waals surface area contributed by atoms with Gasteiger partial charge in [-0.05, 0) is 54.4 Å². The number of hydrogen-bond donors (Lipinski definition) is 7. The van der Waals surface area contributed by atoms with Gasteiger partial charge in [0.05, 0.1) is 0 Å². The Hall–Kier alpha value is -5.72. The van der Waals surface area contributed by atoms with Crippen molar-refractivity contribution in [1.29, 1.82) is 0 Å². The topological polar surface area (TPSA) is 209 Å². The van der Waals surface area contributed by atoms with Gasteiger partial charge in [-0.25, -0.2) is 0 Å². The second-order valence-electron chi connectivity index (χ2n) is 14.2. The Morgan fingerprint density at radius 3 is 1.57 bits per heavy atom. The van der Waals surface area contributed by atoms with Crippen LogP contribution in [-0.2, 0) is 48.0 Å². The van der Waals surface area contributed by atoms with Gasteiger partial charge in [0, 0.05) is 19.3 Å². The first kappa shape index (κ1) is 42.7. The van der Waals surface area contributed by atoms with E-state index in [2.05, 4.69) is 26.6 Å². The average Bonchev–Trinajstić information content (AvgIpc) is 3.12. The maximum absolute atomic E-state index is 14.1. The van der Waals surface area contributed by atoms with Crippen molar-refractivity contribution in [3.63, 3.8) is 0 Å². The Balaban J connectivity index is 1.80. The number of phenols is 1. The van der Waals surface area contributed by atoms with Crippen molar-refractivity contribution in [2.75, 3.05) is 0 Å². The van der Waals surface area contributed by atoms with Crippen LogP contribution >= 0.6 is 0 Å². The fourth-order valence-electron chi connectivity index (χ4n) is 5.80. The van der Waals surface area contributed by atoms with E-state index in [0.717, 1.165) is 11.1 Å². The maximum Gasteiger partial charge on any atom is 0.243 e. The number of amides is 6. The molecular weight excluding hydrogens is 688 g/mol.